The second-order valence-electron chi connectivity index (χ2n) is 5.43. The Bertz CT molecular complexity index is 740. The number of hydrogen-bond donors (Lipinski definition) is 5. The van der Waals surface area contributed by atoms with E-state index in [-0.39, 0.29) is 17.8 Å². The van der Waals surface area contributed by atoms with Gasteiger partial charge in [-0.25, -0.2) is 9.97 Å². The van der Waals surface area contributed by atoms with Gasteiger partial charge in [-0.1, -0.05) is 13.0 Å². The van der Waals surface area contributed by atoms with E-state index in [0.717, 1.165) is 0 Å². The molecule has 1 aliphatic rings. The van der Waals surface area contributed by atoms with Crippen molar-refractivity contribution in [3.63, 3.8) is 0 Å². The van der Waals surface area contributed by atoms with Gasteiger partial charge in [0, 0.05) is 18.2 Å². The molecule has 0 bridgehead atoms. The lowest BCUT2D eigenvalue weighted by Crippen LogP contribution is -2.38. The summed E-state index contributed by atoms with van der Waals surface area (Å²) >= 11 is 0. The minimum Gasteiger partial charge on any atom is -0.388 e. The molecule has 0 saturated carbocycles. The van der Waals surface area contributed by atoms with Gasteiger partial charge in [0.2, 0.25) is 0 Å². The maximum Gasteiger partial charge on any atom is 0.188 e. The van der Waals surface area contributed by atoms with E-state index in [0.29, 0.717) is 11.0 Å². The number of rotatable bonds is 3. The van der Waals surface area contributed by atoms with Gasteiger partial charge in [-0.3, -0.25) is 0 Å². The molecule has 0 amide bonds. The predicted octanol–water partition coefficient (Wildman–Crippen LogP) is -0.693. The minimum atomic E-state index is -2.16. The van der Waals surface area contributed by atoms with E-state index in [1.54, 1.807) is 17.6 Å². The first-order valence-electron chi connectivity index (χ1n) is 6.97. The van der Waals surface area contributed by atoms with Gasteiger partial charge in [0.1, 0.15) is 17.7 Å². The standard InChI is InChI=1S/C14H18N4O4/c1-2-14(21,22)7-5-9(12(20)11(7)19)18-6-17-10-8(18)3-4-16-13(10)15/h3-6,9,11-12,19-22H,2H2,1H3,(H2,15,16). The lowest BCUT2D eigenvalue weighted by Gasteiger charge is -2.25. The van der Waals surface area contributed by atoms with Crippen LogP contribution in [-0.4, -0.2) is 53.0 Å². The van der Waals surface area contributed by atoms with Crippen LogP contribution in [0, 0.1) is 0 Å². The Hall–Kier alpha value is -2.00. The van der Waals surface area contributed by atoms with Crippen molar-refractivity contribution in [1.29, 1.82) is 0 Å². The quantitative estimate of drug-likeness (QED) is 0.373. The van der Waals surface area contributed by atoms with Crippen molar-refractivity contribution >= 4 is 16.9 Å². The van der Waals surface area contributed by atoms with Gasteiger partial charge < -0.3 is 30.7 Å². The molecule has 2 aromatic heterocycles. The van der Waals surface area contributed by atoms with E-state index in [9.17, 15) is 20.4 Å². The first-order valence-corrected chi connectivity index (χ1v) is 6.97. The number of nitrogens with two attached hydrogens (primary N) is 1. The molecule has 0 aliphatic heterocycles. The Morgan fingerprint density at radius 1 is 1.32 bits per heavy atom. The number of aliphatic hydroxyl groups is 4. The van der Waals surface area contributed by atoms with Crippen LogP contribution in [0.3, 0.4) is 0 Å². The van der Waals surface area contributed by atoms with Crippen molar-refractivity contribution < 1.29 is 20.4 Å². The fraction of sp³-hybridized carbons (Fsp3) is 0.429. The zero-order valence-electron chi connectivity index (χ0n) is 12.0. The van der Waals surface area contributed by atoms with Crippen molar-refractivity contribution in [2.75, 3.05) is 5.73 Å². The van der Waals surface area contributed by atoms with Crippen molar-refractivity contribution in [1.82, 2.24) is 14.5 Å². The van der Waals surface area contributed by atoms with E-state index in [1.807, 2.05) is 0 Å². The summed E-state index contributed by atoms with van der Waals surface area (Å²) in [6.45, 7) is 1.58. The first kappa shape index (κ1) is 14.9. The zero-order valence-corrected chi connectivity index (χ0v) is 12.0. The highest BCUT2D eigenvalue weighted by molar-refractivity contribution is 5.84. The van der Waals surface area contributed by atoms with Gasteiger partial charge >= 0.3 is 0 Å². The molecule has 1 aliphatic carbocycles. The van der Waals surface area contributed by atoms with Crippen LogP contribution in [0.2, 0.25) is 0 Å². The van der Waals surface area contributed by atoms with Gasteiger partial charge in [-0.05, 0) is 6.07 Å². The number of pyridine rings is 1. The van der Waals surface area contributed by atoms with Crippen LogP contribution in [0.1, 0.15) is 19.4 Å². The number of aliphatic hydroxyl groups excluding tert-OH is 2. The molecule has 3 unspecified atom stereocenters. The molecule has 0 spiro atoms. The molecule has 22 heavy (non-hydrogen) atoms. The molecule has 2 aromatic rings. The molecule has 0 radical (unpaired) electrons. The largest absolute Gasteiger partial charge is 0.388 e. The van der Waals surface area contributed by atoms with E-state index < -0.39 is 24.0 Å². The molecule has 3 rings (SSSR count). The molecule has 0 saturated heterocycles. The second kappa shape index (κ2) is 5.03. The number of nitrogen functional groups attached to an aromatic ring is 1. The number of anilines is 1. The number of aromatic nitrogens is 3. The van der Waals surface area contributed by atoms with Gasteiger partial charge in [0.25, 0.3) is 0 Å². The van der Waals surface area contributed by atoms with Crippen molar-refractivity contribution in [2.45, 2.75) is 37.4 Å². The van der Waals surface area contributed by atoms with Crippen molar-refractivity contribution in [3.05, 3.63) is 30.2 Å². The van der Waals surface area contributed by atoms with Gasteiger partial charge in [0.15, 0.2) is 11.6 Å². The smallest absolute Gasteiger partial charge is 0.188 e. The van der Waals surface area contributed by atoms with Gasteiger partial charge in [-0.15, -0.1) is 0 Å². The normalized spacial score (nSPS) is 25.7. The Kier molecular flexibility index (Phi) is 3.41. The van der Waals surface area contributed by atoms with Gasteiger partial charge in [-0.2, -0.15) is 0 Å². The number of imidazole rings is 1. The average Bonchev–Trinajstić information content (AvgIpc) is 3.03. The summed E-state index contributed by atoms with van der Waals surface area (Å²) in [6, 6.07) is 1.01. The Labute approximate surface area is 126 Å². The van der Waals surface area contributed by atoms with E-state index in [2.05, 4.69) is 9.97 Å². The van der Waals surface area contributed by atoms with E-state index in [4.69, 9.17) is 5.73 Å². The lowest BCUT2D eigenvalue weighted by molar-refractivity contribution is -0.143. The molecule has 0 aromatic carbocycles. The monoisotopic (exact) mass is 306 g/mol. The Balaban J connectivity index is 2.09. The third-order valence-corrected chi connectivity index (χ3v) is 4.14. The SMILES string of the molecule is CCC(O)(O)C1=CC(n2cnc3c(N)nccc32)C(O)C1O. The molecule has 8 heteroatoms. The van der Waals surface area contributed by atoms with E-state index >= 15 is 0 Å². The highest BCUT2D eigenvalue weighted by atomic mass is 16.5. The number of fused-ring (bicyclic) bond motifs is 1. The fourth-order valence-electron chi connectivity index (χ4n) is 2.79. The topological polar surface area (TPSA) is 138 Å². The molecule has 0 fully saturated rings. The zero-order chi connectivity index (χ0) is 16.1. The number of hydrogen-bond acceptors (Lipinski definition) is 7. The van der Waals surface area contributed by atoms with Crippen LogP contribution in [0.25, 0.3) is 11.0 Å². The third kappa shape index (κ3) is 2.08. The van der Waals surface area contributed by atoms with Crippen LogP contribution in [0.5, 0.6) is 0 Å². The molecule has 3 atom stereocenters. The molecular weight excluding hydrogens is 288 g/mol. The average molecular weight is 306 g/mol. The fourth-order valence-corrected chi connectivity index (χ4v) is 2.79. The van der Waals surface area contributed by atoms with E-state index in [1.165, 1.54) is 18.6 Å². The Morgan fingerprint density at radius 2 is 2.05 bits per heavy atom. The molecule has 2 heterocycles. The highest BCUT2D eigenvalue weighted by Gasteiger charge is 2.44. The molecule has 118 valence electrons. The molecule has 6 N–H and O–H groups in total. The molecular formula is C14H18N4O4. The van der Waals surface area contributed by atoms with Crippen LogP contribution in [-0.2, 0) is 0 Å². The third-order valence-electron chi connectivity index (χ3n) is 4.14. The maximum atomic E-state index is 10.3. The second-order valence-corrected chi connectivity index (χ2v) is 5.43. The predicted molar refractivity (Wildman–Crippen MR) is 78.5 cm³/mol. The summed E-state index contributed by atoms with van der Waals surface area (Å²) < 4.78 is 1.62. The van der Waals surface area contributed by atoms with Crippen LogP contribution < -0.4 is 5.73 Å². The van der Waals surface area contributed by atoms with Crippen LogP contribution in [0.4, 0.5) is 5.82 Å². The number of nitrogens with zero attached hydrogens (tertiary/aromatic N) is 3. The van der Waals surface area contributed by atoms with Crippen LogP contribution in [0.15, 0.2) is 30.2 Å². The van der Waals surface area contributed by atoms with Crippen LogP contribution >= 0.6 is 0 Å². The lowest BCUT2D eigenvalue weighted by atomic mass is 10.0. The Morgan fingerprint density at radius 3 is 2.73 bits per heavy atom. The maximum absolute atomic E-state index is 10.3. The van der Waals surface area contributed by atoms with Crippen molar-refractivity contribution in [2.24, 2.45) is 0 Å². The van der Waals surface area contributed by atoms with Crippen molar-refractivity contribution in [3.8, 4) is 0 Å². The molecule has 8 nitrogen and oxygen atoms in total. The summed E-state index contributed by atoms with van der Waals surface area (Å²) in [7, 11) is 0. The summed E-state index contributed by atoms with van der Waals surface area (Å²) in [6.07, 6.45) is 1.87. The summed E-state index contributed by atoms with van der Waals surface area (Å²) in [5.74, 6) is -1.90. The summed E-state index contributed by atoms with van der Waals surface area (Å²) in [5.41, 5.74) is 6.86. The summed E-state index contributed by atoms with van der Waals surface area (Å²) in [5, 5.41) is 40.3. The summed E-state index contributed by atoms with van der Waals surface area (Å²) in [4.78, 5) is 8.10. The minimum absolute atomic E-state index is 0.00310. The highest BCUT2D eigenvalue weighted by Crippen LogP contribution is 2.37. The van der Waals surface area contributed by atoms with Gasteiger partial charge in [0.05, 0.1) is 17.9 Å². The first-order chi connectivity index (χ1) is 10.4.